The van der Waals surface area contributed by atoms with Crippen molar-refractivity contribution in [3.8, 4) is 5.75 Å². The molecule has 1 aromatic heterocycles. The Balaban J connectivity index is 1.58. The summed E-state index contributed by atoms with van der Waals surface area (Å²) >= 11 is 5.44. The van der Waals surface area contributed by atoms with Gasteiger partial charge in [0, 0.05) is 31.1 Å². The van der Waals surface area contributed by atoms with E-state index in [1.165, 1.54) is 19.8 Å². The number of benzene rings is 2. The Labute approximate surface area is 173 Å². The summed E-state index contributed by atoms with van der Waals surface area (Å²) < 4.78 is 7.25. The average molecular weight is 443 g/mol. The monoisotopic (exact) mass is 442 g/mol. The number of nitrogens with zero attached hydrogens (tertiary/aromatic N) is 1. The van der Waals surface area contributed by atoms with Crippen LogP contribution in [0.3, 0.4) is 0 Å². The first kappa shape index (κ1) is 18.7. The second-order valence-electron chi connectivity index (χ2n) is 6.68. The molecule has 0 bridgehead atoms. The van der Waals surface area contributed by atoms with Crippen LogP contribution >= 0.6 is 27.3 Å². The largest absolute Gasteiger partial charge is 0.489 e. The maximum absolute atomic E-state index is 6.07. The Morgan fingerprint density at radius 1 is 1.00 bits per heavy atom. The number of piperazine rings is 1. The lowest BCUT2D eigenvalue weighted by molar-refractivity contribution is 0.200. The molecule has 0 amide bonds. The van der Waals surface area contributed by atoms with Crippen LogP contribution in [0.4, 0.5) is 0 Å². The zero-order valence-electron chi connectivity index (χ0n) is 15.1. The zero-order valence-corrected chi connectivity index (χ0v) is 17.5. The van der Waals surface area contributed by atoms with Crippen molar-refractivity contribution in [1.82, 2.24) is 10.2 Å². The van der Waals surface area contributed by atoms with Crippen LogP contribution in [0.5, 0.6) is 5.75 Å². The van der Waals surface area contributed by atoms with Gasteiger partial charge in [-0.05, 0) is 51.3 Å². The van der Waals surface area contributed by atoms with E-state index in [9.17, 15) is 0 Å². The third kappa shape index (κ3) is 4.79. The van der Waals surface area contributed by atoms with Crippen LogP contribution in [0.2, 0.25) is 0 Å². The van der Waals surface area contributed by atoms with Crippen molar-refractivity contribution < 1.29 is 4.74 Å². The number of hydrogen-bond donors (Lipinski definition) is 1. The van der Waals surface area contributed by atoms with Crippen LogP contribution in [0.25, 0.3) is 0 Å². The molecule has 1 unspecified atom stereocenters. The van der Waals surface area contributed by atoms with E-state index in [2.05, 4.69) is 68.6 Å². The molecule has 1 N–H and O–H groups in total. The maximum atomic E-state index is 6.07. The van der Waals surface area contributed by atoms with Gasteiger partial charge in [-0.15, -0.1) is 11.3 Å². The average Bonchev–Trinajstić information content (AvgIpc) is 3.14. The summed E-state index contributed by atoms with van der Waals surface area (Å²) in [6.45, 7) is 4.76. The van der Waals surface area contributed by atoms with Crippen LogP contribution in [-0.2, 0) is 6.61 Å². The lowest BCUT2D eigenvalue weighted by Gasteiger charge is -2.35. The topological polar surface area (TPSA) is 24.5 Å². The molecule has 1 fully saturated rings. The van der Waals surface area contributed by atoms with Gasteiger partial charge in [0.1, 0.15) is 12.4 Å². The summed E-state index contributed by atoms with van der Waals surface area (Å²) in [5.41, 5.74) is 2.47. The molecule has 1 atom stereocenters. The Kier molecular flexibility index (Phi) is 6.24. The first-order chi connectivity index (χ1) is 13.3. The Hall–Kier alpha value is -1.66. The van der Waals surface area contributed by atoms with Gasteiger partial charge in [0.05, 0.1) is 9.83 Å². The fraction of sp³-hybridized carbons (Fsp3) is 0.273. The molecule has 2 heterocycles. The van der Waals surface area contributed by atoms with Gasteiger partial charge in [-0.25, -0.2) is 0 Å². The zero-order chi connectivity index (χ0) is 18.5. The summed E-state index contributed by atoms with van der Waals surface area (Å²) in [6, 6.07) is 23.5. The molecule has 0 aliphatic carbocycles. The molecule has 1 aliphatic heterocycles. The van der Waals surface area contributed by atoms with Gasteiger partial charge in [0.25, 0.3) is 0 Å². The second kappa shape index (κ2) is 9.02. The fourth-order valence-electron chi connectivity index (χ4n) is 3.49. The van der Waals surface area contributed by atoms with Crippen LogP contribution in [0, 0.1) is 0 Å². The number of nitrogens with one attached hydrogen (secondary N) is 1. The van der Waals surface area contributed by atoms with Crippen molar-refractivity contribution in [3.05, 3.63) is 86.5 Å². The van der Waals surface area contributed by atoms with Crippen molar-refractivity contribution in [2.75, 3.05) is 26.2 Å². The molecule has 5 heteroatoms. The summed E-state index contributed by atoms with van der Waals surface area (Å²) in [4.78, 5) is 3.93. The van der Waals surface area contributed by atoms with Gasteiger partial charge in [0.2, 0.25) is 0 Å². The summed E-state index contributed by atoms with van der Waals surface area (Å²) in [5.74, 6) is 0.923. The van der Waals surface area contributed by atoms with E-state index < -0.39 is 0 Å². The summed E-state index contributed by atoms with van der Waals surface area (Å²) in [5, 5.41) is 3.46. The quantitative estimate of drug-likeness (QED) is 0.575. The van der Waals surface area contributed by atoms with E-state index in [4.69, 9.17) is 4.74 Å². The third-order valence-electron chi connectivity index (χ3n) is 4.80. The number of rotatable bonds is 6. The highest BCUT2D eigenvalue weighted by Gasteiger charge is 2.25. The maximum Gasteiger partial charge on any atom is 0.120 e. The standard InChI is InChI=1S/C22H23BrN2OS/c23-21-10-9-20(27-21)22(25-13-11-24-12-14-25)18-7-4-8-19(15-18)26-16-17-5-2-1-3-6-17/h1-10,15,22,24H,11-14,16H2. The Morgan fingerprint density at radius 3 is 2.56 bits per heavy atom. The van der Waals surface area contributed by atoms with Gasteiger partial charge in [-0.3, -0.25) is 4.90 Å². The van der Waals surface area contributed by atoms with Gasteiger partial charge >= 0.3 is 0 Å². The first-order valence-electron chi connectivity index (χ1n) is 9.26. The predicted octanol–water partition coefficient (Wildman–Crippen LogP) is 5.08. The molecule has 140 valence electrons. The smallest absolute Gasteiger partial charge is 0.120 e. The molecule has 1 saturated heterocycles. The fourth-order valence-corrected chi connectivity index (χ4v) is 5.07. The predicted molar refractivity (Wildman–Crippen MR) is 116 cm³/mol. The lowest BCUT2D eigenvalue weighted by Crippen LogP contribution is -2.45. The van der Waals surface area contributed by atoms with Gasteiger partial charge in [-0.2, -0.15) is 0 Å². The van der Waals surface area contributed by atoms with Crippen LogP contribution in [0.1, 0.15) is 22.0 Å². The minimum atomic E-state index is 0.267. The SMILES string of the molecule is Brc1ccc(C(c2cccc(OCc3ccccc3)c2)N2CCNCC2)s1. The lowest BCUT2D eigenvalue weighted by atomic mass is 10.0. The highest BCUT2D eigenvalue weighted by Crippen LogP contribution is 2.36. The highest BCUT2D eigenvalue weighted by molar-refractivity contribution is 9.11. The molecule has 27 heavy (non-hydrogen) atoms. The van der Waals surface area contributed by atoms with Crippen molar-refractivity contribution in [1.29, 1.82) is 0 Å². The van der Waals surface area contributed by atoms with E-state index >= 15 is 0 Å². The minimum absolute atomic E-state index is 0.267. The molecular formula is C22H23BrN2OS. The van der Waals surface area contributed by atoms with Crippen molar-refractivity contribution in [3.63, 3.8) is 0 Å². The number of halogens is 1. The minimum Gasteiger partial charge on any atom is -0.489 e. The molecule has 3 nitrogen and oxygen atoms in total. The van der Waals surface area contributed by atoms with Gasteiger partial charge in [-0.1, -0.05) is 42.5 Å². The highest BCUT2D eigenvalue weighted by atomic mass is 79.9. The van der Waals surface area contributed by atoms with Gasteiger partial charge < -0.3 is 10.1 Å². The molecule has 3 aromatic rings. The first-order valence-corrected chi connectivity index (χ1v) is 10.9. The summed E-state index contributed by atoms with van der Waals surface area (Å²) in [7, 11) is 0. The molecule has 0 radical (unpaired) electrons. The number of ether oxygens (including phenoxy) is 1. The molecule has 1 aliphatic rings. The Morgan fingerprint density at radius 2 is 1.81 bits per heavy atom. The van der Waals surface area contributed by atoms with Crippen LogP contribution in [0.15, 0.2) is 70.5 Å². The van der Waals surface area contributed by atoms with Crippen molar-refractivity contribution in [2.45, 2.75) is 12.6 Å². The normalized spacial score (nSPS) is 16.2. The molecule has 0 saturated carbocycles. The number of hydrogen-bond acceptors (Lipinski definition) is 4. The van der Waals surface area contributed by atoms with E-state index in [1.807, 2.05) is 35.6 Å². The van der Waals surface area contributed by atoms with E-state index in [0.717, 1.165) is 31.9 Å². The van der Waals surface area contributed by atoms with Crippen LogP contribution < -0.4 is 10.1 Å². The van der Waals surface area contributed by atoms with Crippen molar-refractivity contribution >= 4 is 27.3 Å². The van der Waals surface area contributed by atoms with Crippen molar-refractivity contribution in [2.24, 2.45) is 0 Å². The van der Waals surface area contributed by atoms with E-state index in [1.54, 1.807) is 0 Å². The van der Waals surface area contributed by atoms with E-state index in [-0.39, 0.29) is 6.04 Å². The van der Waals surface area contributed by atoms with Gasteiger partial charge in [0.15, 0.2) is 0 Å². The van der Waals surface area contributed by atoms with Crippen LogP contribution in [-0.4, -0.2) is 31.1 Å². The molecule has 2 aromatic carbocycles. The molecule has 4 rings (SSSR count). The number of thiophene rings is 1. The van der Waals surface area contributed by atoms with E-state index in [0.29, 0.717) is 6.61 Å². The molecule has 0 spiro atoms. The Bertz CT molecular complexity index is 862. The second-order valence-corrected chi connectivity index (χ2v) is 9.17. The molecular weight excluding hydrogens is 420 g/mol. The third-order valence-corrected chi connectivity index (χ3v) is 6.48. The summed E-state index contributed by atoms with van der Waals surface area (Å²) in [6.07, 6.45) is 0.